The van der Waals surface area contributed by atoms with Gasteiger partial charge in [0.1, 0.15) is 0 Å². The number of likely N-dealkylation sites (tertiary alicyclic amines) is 1. The summed E-state index contributed by atoms with van der Waals surface area (Å²) in [5.41, 5.74) is 2.03. The van der Waals surface area contributed by atoms with E-state index in [1.807, 2.05) is 17.8 Å². The van der Waals surface area contributed by atoms with Gasteiger partial charge in [-0.2, -0.15) is 5.10 Å². The number of carbonyl (C=O) groups is 1. The molecule has 21 heavy (non-hydrogen) atoms. The lowest BCUT2D eigenvalue weighted by Crippen LogP contribution is -2.40. The molecule has 1 aliphatic heterocycles. The van der Waals surface area contributed by atoms with Crippen LogP contribution in [0.2, 0.25) is 0 Å². The molecule has 4 rings (SSSR count). The molecule has 5 nitrogen and oxygen atoms in total. The summed E-state index contributed by atoms with van der Waals surface area (Å²) in [6.45, 7) is 1.73. The minimum Gasteiger partial charge on any atom is -0.342 e. The van der Waals surface area contributed by atoms with E-state index in [2.05, 4.69) is 21.0 Å². The Morgan fingerprint density at radius 1 is 1.33 bits per heavy atom. The molecule has 0 spiro atoms. The molecule has 0 radical (unpaired) electrons. The van der Waals surface area contributed by atoms with E-state index in [-0.39, 0.29) is 0 Å². The number of rotatable bonds is 2. The van der Waals surface area contributed by atoms with Crippen molar-refractivity contribution >= 4 is 16.9 Å². The van der Waals surface area contributed by atoms with Gasteiger partial charge in [-0.15, -0.1) is 0 Å². The molecule has 1 unspecified atom stereocenters. The van der Waals surface area contributed by atoms with Crippen molar-refractivity contribution in [2.24, 2.45) is 13.0 Å². The second kappa shape index (κ2) is 4.83. The normalized spacial score (nSPS) is 22.7. The van der Waals surface area contributed by atoms with Crippen molar-refractivity contribution in [3.8, 4) is 0 Å². The summed E-state index contributed by atoms with van der Waals surface area (Å²) in [6, 6.07) is 4.05. The first-order valence-electron chi connectivity index (χ1n) is 7.80. The fourth-order valence-electron chi connectivity index (χ4n) is 3.41. The van der Waals surface area contributed by atoms with Gasteiger partial charge in [0.2, 0.25) is 5.91 Å². The van der Waals surface area contributed by atoms with Crippen LogP contribution in [-0.4, -0.2) is 38.7 Å². The summed E-state index contributed by atoms with van der Waals surface area (Å²) in [4.78, 5) is 18.8. The van der Waals surface area contributed by atoms with Gasteiger partial charge in [0.15, 0.2) is 5.65 Å². The van der Waals surface area contributed by atoms with E-state index >= 15 is 0 Å². The number of hydrogen-bond acceptors (Lipinski definition) is 3. The molecule has 5 heteroatoms. The van der Waals surface area contributed by atoms with Gasteiger partial charge in [-0.05, 0) is 37.8 Å². The van der Waals surface area contributed by atoms with Crippen molar-refractivity contribution in [1.29, 1.82) is 0 Å². The summed E-state index contributed by atoms with van der Waals surface area (Å²) in [6.07, 6.45) is 6.14. The van der Waals surface area contributed by atoms with E-state index in [1.54, 1.807) is 6.20 Å². The lowest BCUT2D eigenvalue weighted by molar-refractivity contribution is -0.133. The third-order valence-corrected chi connectivity index (χ3v) is 4.67. The van der Waals surface area contributed by atoms with E-state index in [1.165, 1.54) is 0 Å². The maximum Gasteiger partial charge on any atom is 0.225 e. The molecule has 0 bridgehead atoms. The number of aromatic nitrogens is 3. The predicted octanol–water partition coefficient (Wildman–Crippen LogP) is 2.08. The molecular weight excluding hydrogens is 264 g/mol. The van der Waals surface area contributed by atoms with Crippen molar-refractivity contribution in [1.82, 2.24) is 19.7 Å². The molecule has 1 saturated heterocycles. The zero-order valence-corrected chi connectivity index (χ0v) is 12.3. The second-order valence-electron chi connectivity index (χ2n) is 6.28. The Balaban J connectivity index is 1.63. The number of carbonyl (C=O) groups excluding carboxylic acids is 1. The minimum absolute atomic E-state index is 0.311. The van der Waals surface area contributed by atoms with Crippen molar-refractivity contribution in [2.75, 3.05) is 13.1 Å². The highest BCUT2D eigenvalue weighted by molar-refractivity contribution is 5.82. The topological polar surface area (TPSA) is 51.0 Å². The van der Waals surface area contributed by atoms with Crippen LogP contribution in [0.15, 0.2) is 18.3 Å². The smallest absolute Gasteiger partial charge is 0.225 e. The number of amides is 1. The molecule has 110 valence electrons. The molecule has 0 aromatic carbocycles. The van der Waals surface area contributed by atoms with Crippen molar-refractivity contribution in [3.63, 3.8) is 0 Å². The van der Waals surface area contributed by atoms with Crippen LogP contribution in [0.25, 0.3) is 11.0 Å². The van der Waals surface area contributed by atoms with E-state index in [9.17, 15) is 4.79 Å². The molecule has 1 amide bonds. The summed E-state index contributed by atoms with van der Waals surface area (Å²) in [7, 11) is 1.94. The van der Waals surface area contributed by atoms with Gasteiger partial charge in [-0.25, -0.2) is 4.98 Å². The monoisotopic (exact) mass is 284 g/mol. The standard InChI is InChI=1S/C16H20N4O/c1-19-15-13(5-2-8-17-15)14(18-19)12-4-3-9-20(10-12)16(21)11-6-7-11/h2,5,8,11-12H,3-4,6-7,9-10H2,1H3. The fourth-order valence-corrected chi connectivity index (χ4v) is 3.41. The molecular formula is C16H20N4O. The average molecular weight is 284 g/mol. The lowest BCUT2D eigenvalue weighted by atomic mass is 9.93. The quantitative estimate of drug-likeness (QED) is 0.848. The Hall–Kier alpha value is -1.91. The van der Waals surface area contributed by atoms with Gasteiger partial charge in [0.25, 0.3) is 0 Å². The van der Waals surface area contributed by atoms with Crippen molar-refractivity contribution in [3.05, 3.63) is 24.0 Å². The zero-order chi connectivity index (χ0) is 14.4. The van der Waals surface area contributed by atoms with E-state index in [0.717, 1.165) is 55.5 Å². The number of pyridine rings is 1. The Bertz CT molecular complexity index is 689. The van der Waals surface area contributed by atoms with Crippen LogP contribution in [0.4, 0.5) is 0 Å². The molecule has 1 saturated carbocycles. The van der Waals surface area contributed by atoms with Crippen molar-refractivity contribution in [2.45, 2.75) is 31.6 Å². The first-order valence-corrected chi connectivity index (χ1v) is 7.80. The van der Waals surface area contributed by atoms with Gasteiger partial charge >= 0.3 is 0 Å². The molecule has 1 atom stereocenters. The SMILES string of the molecule is Cn1nc(C2CCCN(C(=O)C3CC3)C2)c2cccnc21. The third-order valence-electron chi connectivity index (χ3n) is 4.67. The minimum atomic E-state index is 0.311. The molecule has 0 N–H and O–H groups in total. The molecule has 2 aromatic rings. The van der Waals surface area contributed by atoms with Crippen molar-refractivity contribution < 1.29 is 4.79 Å². The predicted molar refractivity (Wildman–Crippen MR) is 79.8 cm³/mol. The fraction of sp³-hybridized carbons (Fsp3) is 0.562. The van der Waals surface area contributed by atoms with Crippen LogP contribution in [0.3, 0.4) is 0 Å². The summed E-state index contributed by atoms with van der Waals surface area (Å²) in [5.74, 6) is 1.01. The lowest BCUT2D eigenvalue weighted by Gasteiger charge is -2.32. The van der Waals surface area contributed by atoms with Crippen LogP contribution in [-0.2, 0) is 11.8 Å². The number of fused-ring (bicyclic) bond motifs is 1. The number of piperidine rings is 1. The van der Waals surface area contributed by atoms with E-state index in [4.69, 9.17) is 0 Å². The Morgan fingerprint density at radius 3 is 3.00 bits per heavy atom. The first-order chi connectivity index (χ1) is 10.2. The maximum atomic E-state index is 12.3. The third kappa shape index (κ3) is 2.20. The van der Waals surface area contributed by atoms with Gasteiger partial charge in [-0.1, -0.05) is 0 Å². The highest BCUT2D eigenvalue weighted by Crippen LogP contribution is 2.35. The highest BCUT2D eigenvalue weighted by atomic mass is 16.2. The zero-order valence-electron chi connectivity index (χ0n) is 12.3. The van der Waals surface area contributed by atoms with Gasteiger partial charge in [0, 0.05) is 43.6 Å². The van der Waals surface area contributed by atoms with Gasteiger partial charge < -0.3 is 4.90 Å². The van der Waals surface area contributed by atoms with Gasteiger partial charge in [0.05, 0.1) is 5.69 Å². The number of nitrogens with zero attached hydrogens (tertiary/aromatic N) is 4. The Labute approximate surface area is 123 Å². The summed E-state index contributed by atoms with van der Waals surface area (Å²) >= 11 is 0. The molecule has 2 fully saturated rings. The maximum absolute atomic E-state index is 12.3. The number of hydrogen-bond donors (Lipinski definition) is 0. The number of aryl methyl sites for hydroxylation is 1. The van der Waals surface area contributed by atoms with E-state index < -0.39 is 0 Å². The Morgan fingerprint density at radius 2 is 2.19 bits per heavy atom. The van der Waals surface area contributed by atoms with Crippen LogP contribution in [0.1, 0.15) is 37.3 Å². The second-order valence-corrected chi connectivity index (χ2v) is 6.28. The van der Waals surface area contributed by atoms with Crippen LogP contribution in [0, 0.1) is 5.92 Å². The van der Waals surface area contributed by atoms with E-state index in [0.29, 0.717) is 17.7 Å². The molecule has 1 aliphatic carbocycles. The molecule has 2 aromatic heterocycles. The summed E-state index contributed by atoms with van der Waals surface area (Å²) in [5, 5.41) is 5.81. The average Bonchev–Trinajstić information content (AvgIpc) is 3.32. The van der Waals surface area contributed by atoms with Crippen LogP contribution < -0.4 is 0 Å². The largest absolute Gasteiger partial charge is 0.342 e. The summed E-state index contributed by atoms with van der Waals surface area (Å²) < 4.78 is 1.85. The van der Waals surface area contributed by atoms with Crippen LogP contribution in [0.5, 0.6) is 0 Å². The molecule has 3 heterocycles. The first kappa shape index (κ1) is 12.8. The Kier molecular flexibility index (Phi) is 2.94. The highest BCUT2D eigenvalue weighted by Gasteiger charge is 2.36. The van der Waals surface area contributed by atoms with Crippen LogP contribution >= 0.6 is 0 Å². The molecule has 2 aliphatic rings. The van der Waals surface area contributed by atoms with Gasteiger partial charge in [-0.3, -0.25) is 9.48 Å².